The van der Waals surface area contributed by atoms with E-state index in [1.54, 1.807) is 0 Å². The molecule has 0 aliphatic heterocycles. The summed E-state index contributed by atoms with van der Waals surface area (Å²) in [5.41, 5.74) is 2.51. The van der Waals surface area contributed by atoms with E-state index in [0.29, 0.717) is 52.8 Å². The molecule has 0 aromatic rings. The molecule has 0 atom stereocenters. The predicted octanol–water partition coefficient (Wildman–Crippen LogP) is 0.316. The first-order chi connectivity index (χ1) is 8.91. The Labute approximate surface area is 110 Å². The van der Waals surface area contributed by atoms with Gasteiger partial charge in [0.05, 0.1) is 46.2 Å². The van der Waals surface area contributed by atoms with Crippen molar-refractivity contribution in [1.82, 2.24) is 5.43 Å². The molecule has 3 N–H and O–H groups in total. The van der Waals surface area contributed by atoms with Gasteiger partial charge in [-0.1, -0.05) is 13.3 Å². The van der Waals surface area contributed by atoms with Crippen molar-refractivity contribution < 1.29 is 18.9 Å². The maximum Gasteiger partial charge on any atom is 0.0701 e. The van der Waals surface area contributed by atoms with Crippen molar-refractivity contribution in [2.45, 2.75) is 19.8 Å². The van der Waals surface area contributed by atoms with Gasteiger partial charge in [-0.25, -0.2) is 0 Å². The fourth-order valence-corrected chi connectivity index (χ4v) is 1.14. The van der Waals surface area contributed by atoms with E-state index in [9.17, 15) is 0 Å². The summed E-state index contributed by atoms with van der Waals surface area (Å²) < 4.78 is 21.2. The molecule has 0 aliphatic rings. The van der Waals surface area contributed by atoms with Crippen LogP contribution in [0, 0.1) is 0 Å². The Morgan fingerprint density at radius 1 is 0.722 bits per heavy atom. The lowest BCUT2D eigenvalue weighted by molar-refractivity contribution is -0.00168. The van der Waals surface area contributed by atoms with E-state index in [0.717, 1.165) is 19.4 Å². The SMILES string of the molecule is CCCCOCCOCCOCCOCCNN. The Balaban J connectivity index is 2.86. The minimum Gasteiger partial charge on any atom is -0.379 e. The second-order valence-corrected chi connectivity index (χ2v) is 3.76. The summed E-state index contributed by atoms with van der Waals surface area (Å²) in [6.45, 7) is 7.88. The zero-order chi connectivity index (χ0) is 13.3. The molecule has 6 nitrogen and oxygen atoms in total. The third-order valence-corrected chi connectivity index (χ3v) is 2.15. The highest BCUT2D eigenvalue weighted by Gasteiger charge is 1.92. The molecule has 0 saturated carbocycles. The molecule has 0 radical (unpaired) electrons. The lowest BCUT2D eigenvalue weighted by atomic mass is 10.4. The minimum atomic E-state index is 0.584. The van der Waals surface area contributed by atoms with Gasteiger partial charge in [-0.15, -0.1) is 0 Å². The number of nitrogens with one attached hydrogen (secondary N) is 1. The van der Waals surface area contributed by atoms with Crippen molar-refractivity contribution in [1.29, 1.82) is 0 Å². The topological polar surface area (TPSA) is 75.0 Å². The van der Waals surface area contributed by atoms with E-state index < -0.39 is 0 Å². The Morgan fingerprint density at radius 2 is 1.17 bits per heavy atom. The van der Waals surface area contributed by atoms with Crippen LogP contribution in [0.2, 0.25) is 0 Å². The van der Waals surface area contributed by atoms with Gasteiger partial charge in [0.1, 0.15) is 0 Å². The number of unbranched alkanes of at least 4 members (excludes halogenated alkanes) is 1. The van der Waals surface area contributed by atoms with Crippen molar-refractivity contribution >= 4 is 0 Å². The fourth-order valence-electron chi connectivity index (χ4n) is 1.14. The number of hydrogen-bond acceptors (Lipinski definition) is 6. The number of nitrogens with two attached hydrogens (primary N) is 1. The molecule has 0 unspecified atom stereocenters. The number of ether oxygens (including phenoxy) is 4. The van der Waals surface area contributed by atoms with Gasteiger partial charge in [-0.2, -0.15) is 0 Å². The lowest BCUT2D eigenvalue weighted by Gasteiger charge is -2.07. The van der Waals surface area contributed by atoms with Gasteiger partial charge in [0, 0.05) is 13.2 Å². The van der Waals surface area contributed by atoms with Crippen LogP contribution < -0.4 is 11.3 Å². The van der Waals surface area contributed by atoms with Crippen LogP contribution in [0.4, 0.5) is 0 Å². The molecule has 0 aliphatic carbocycles. The van der Waals surface area contributed by atoms with Crippen molar-refractivity contribution in [3.63, 3.8) is 0 Å². The van der Waals surface area contributed by atoms with Gasteiger partial charge in [-0.3, -0.25) is 11.3 Å². The summed E-state index contributed by atoms with van der Waals surface area (Å²) >= 11 is 0. The van der Waals surface area contributed by atoms with Crippen molar-refractivity contribution in [2.75, 3.05) is 59.4 Å². The lowest BCUT2D eigenvalue weighted by Crippen LogP contribution is -2.26. The van der Waals surface area contributed by atoms with E-state index in [-0.39, 0.29) is 0 Å². The first-order valence-corrected chi connectivity index (χ1v) is 6.66. The van der Waals surface area contributed by atoms with Crippen molar-refractivity contribution in [3.05, 3.63) is 0 Å². The van der Waals surface area contributed by atoms with Crippen molar-refractivity contribution in [2.24, 2.45) is 5.84 Å². The van der Waals surface area contributed by atoms with Crippen LogP contribution in [-0.4, -0.2) is 59.4 Å². The molecule has 18 heavy (non-hydrogen) atoms. The van der Waals surface area contributed by atoms with E-state index >= 15 is 0 Å². The van der Waals surface area contributed by atoms with Gasteiger partial charge < -0.3 is 18.9 Å². The largest absolute Gasteiger partial charge is 0.379 e. The van der Waals surface area contributed by atoms with Gasteiger partial charge >= 0.3 is 0 Å². The predicted molar refractivity (Wildman–Crippen MR) is 70.4 cm³/mol. The second kappa shape index (κ2) is 16.8. The van der Waals surface area contributed by atoms with E-state index in [1.165, 1.54) is 0 Å². The quantitative estimate of drug-likeness (QED) is 0.252. The van der Waals surface area contributed by atoms with E-state index in [1.807, 2.05) is 0 Å². The maximum absolute atomic E-state index is 5.35. The summed E-state index contributed by atoms with van der Waals surface area (Å²) in [6, 6.07) is 0. The fraction of sp³-hybridized carbons (Fsp3) is 1.00. The molecule has 0 fully saturated rings. The first-order valence-electron chi connectivity index (χ1n) is 6.66. The molecule has 0 bridgehead atoms. The average Bonchev–Trinajstić information content (AvgIpc) is 2.39. The molecule has 0 heterocycles. The van der Waals surface area contributed by atoms with Gasteiger partial charge in [0.25, 0.3) is 0 Å². The Hall–Kier alpha value is -0.240. The molecule has 0 rings (SSSR count). The Bertz CT molecular complexity index is 134. The van der Waals surface area contributed by atoms with Gasteiger partial charge in [0.2, 0.25) is 0 Å². The summed E-state index contributed by atoms with van der Waals surface area (Å²) in [6.07, 6.45) is 2.28. The molecule has 110 valence electrons. The Kier molecular flexibility index (Phi) is 16.5. The normalized spacial score (nSPS) is 11.0. The van der Waals surface area contributed by atoms with Crippen LogP contribution in [-0.2, 0) is 18.9 Å². The van der Waals surface area contributed by atoms with E-state index in [2.05, 4.69) is 12.3 Å². The number of hydrogen-bond donors (Lipinski definition) is 2. The summed E-state index contributed by atoms with van der Waals surface area (Å²) in [7, 11) is 0. The van der Waals surface area contributed by atoms with Crippen LogP contribution in [0.25, 0.3) is 0 Å². The highest BCUT2D eigenvalue weighted by Crippen LogP contribution is 1.88. The maximum atomic E-state index is 5.35. The highest BCUT2D eigenvalue weighted by molar-refractivity contribution is 4.37. The Morgan fingerprint density at radius 3 is 1.61 bits per heavy atom. The van der Waals surface area contributed by atoms with Crippen LogP contribution >= 0.6 is 0 Å². The number of rotatable bonds is 15. The third kappa shape index (κ3) is 15.8. The van der Waals surface area contributed by atoms with Crippen molar-refractivity contribution in [3.8, 4) is 0 Å². The highest BCUT2D eigenvalue weighted by atomic mass is 16.6. The van der Waals surface area contributed by atoms with Crippen LogP contribution in [0.15, 0.2) is 0 Å². The summed E-state index contributed by atoms with van der Waals surface area (Å²) in [5.74, 6) is 5.09. The van der Waals surface area contributed by atoms with E-state index in [4.69, 9.17) is 24.8 Å². The zero-order valence-corrected chi connectivity index (χ0v) is 11.5. The monoisotopic (exact) mass is 264 g/mol. The van der Waals surface area contributed by atoms with Crippen LogP contribution in [0.5, 0.6) is 0 Å². The van der Waals surface area contributed by atoms with Crippen LogP contribution in [0.1, 0.15) is 19.8 Å². The zero-order valence-electron chi connectivity index (χ0n) is 11.5. The van der Waals surface area contributed by atoms with Crippen LogP contribution in [0.3, 0.4) is 0 Å². The summed E-state index contributed by atoms with van der Waals surface area (Å²) in [5, 5.41) is 0. The average molecular weight is 264 g/mol. The molecule has 0 aromatic heterocycles. The standard InChI is InChI=1S/C12H28N2O4/c1-2-3-5-15-7-9-17-11-12-18-10-8-16-6-4-14-13/h14H,2-13H2,1H3. The third-order valence-electron chi connectivity index (χ3n) is 2.15. The molecule has 6 heteroatoms. The molecule has 0 aromatic carbocycles. The molecule has 0 saturated heterocycles. The molecular weight excluding hydrogens is 236 g/mol. The first kappa shape index (κ1) is 17.8. The second-order valence-electron chi connectivity index (χ2n) is 3.76. The minimum absolute atomic E-state index is 0.584. The smallest absolute Gasteiger partial charge is 0.0701 e. The molecule has 0 amide bonds. The molecule has 0 spiro atoms. The summed E-state index contributed by atoms with van der Waals surface area (Å²) in [4.78, 5) is 0. The van der Waals surface area contributed by atoms with Gasteiger partial charge in [0.15, 0.2) is 0 Å². The number of hydrazine groups is 1. The van der Waals surface area contributed by atoms with Gasteiger partial charge in [-0.05, 0) is 6.42 Å². The molecular formula is C12H28N2O4.